The summed E-state index contributed by atoms with van der Waals surface area (Å²) in [4.78, 5) is 11.2. The quantitative estimate of drug-likeness (QED) is 0.831. The first-order valence-electron chi connectivity index (χ1n) is 6.25. The van der Waals surface area contributed by atoms with Gasteiger partial charge in [0.05, 0.1) is 6.10 Å². The highest BCUT2D eigenvalue weighted by molar-refractivity contribution is 14.1. The molecule has 4 heteroatoms. The SMILES string of the molecule is CC1CCC(Oc2ccc(I)cc2C(=O)O)CC1. The number of aromatic carboxylic acids is 1. The first-order chi connectivity index (χ1) is 8.56. The number of halogens is 1. The van der Waals surface area contributed by atoms with Crippen LogP contribution in [0, 0.1) is 9.49 Å². The van der Waals surface area contributed by atoms with Crippen LogP contribution in [0.3, 0.4) is 0 Å². The average Bonchev–Trinajstić information content (AvgIpc) is 2.34. The summed E-state index contributed by atoms with van der Waals surface area (Å²) in [5.74, 6) is 0.343. The molecule has 0 aliphatic heterocycles. The van der Waals surface area contributed by atoms with Crippen LogP contribution in [0.2, 0.25) is 0 Å². The van der Waals surface area contributed by atoms with Crippen LogP contribution >= 0.6 is 22.6 Å². The molecule has 1 aromatic carbocycles. The van der Waals surface area contributed by atoms with Crippen LogP contribution in [-0.2, 0) is 0 Å². The molecule has 1 aliphatic carbocycles. The number of rotatable bonds is 3. The third kappa shape index (κ3) is 3.37. The molecule has 1 fully saturated rings. The van der Waals surface area contributed by atoms with Gasteiger partial charge in [0.2, 0.25) is 0 Å². The van der Waals surface area contributed by atoms with Gasteiger partial charge in [-0.1, -0.05) is 6.92 Å². The van der Waals surface area contributed by atoms with Crippen molar-refractivity contribution in [3.8, 4) is 5.75 Å². The highest BCUT2D eigenvalue weighted by atomic mass is 127. The van der Waals surface area contributed by atoms with Crippen molar-refractivity contribution in [2.45, 2.75) is 38.7 Å². The molecule has 0 unspecified atom stereocenters. The molecule has 1 aliphatic rings. The Morgan fingerprint density at radius 3 is 2.61 bits per heavy atom. The number of benzene rings is 1. The van der Waals surface area contributed by atoms with Gasteiger partial charge in [-0.25, -0.2) is 4.79 Å². The van der Waals surface area contributed by atoms with Crippen molar-refractivity contribution in [3.05, 3.63) is 27.3 Å². The molecule has 0 bridgehead atoms. The first kappa shape index (κ1) is 13.6. The highest BCUT2D eigenvalue weighted by Gasteiger charge is 2.21. The monoisotopic (exact) mass is 360 g/mol. The fourth-order valence-corrected chi connectivity index (χ4v) is 2.79. The fourth-order valence-electron chi connectivity index (χ4n) is 2.30. The minimum absolute atomic E-state index is 0.166. The molecule has 1 N–H and O–H groups in total. The zero-order chi connectivity index (χ0) is 13.1. The first-order valence-corrected chi connectivity index (χ1v) is 7.33. The smallest absolute Gasteiger partial charge is 0.339 e. The van der Waals surface area contributed by atoms with Crippen molar-refractivity contribution in [1.29, 1.82) is 0 Å². The molecule has 0 heterocycles. The molecule has 1 saturated carbocycles. The Kier molecular flexibility index (Phi) is 4.48. The predicted octanol–water partition coefficient (Wildman–Crippen LogP) is 3.95. The molecule has 0 spiro atoms. The summed E-state index contributed by atoms with van der Waals surface area (Å²) >= 11 is 2.11. The Balaban J connectivity index is 2.11. The lowest BCUT2D eigenvalue weighted by atomic mass is 9.89. The minimum Gasteiger partial charge on any atom is -0.490 e. The van der Waals surface area contributed by atoms with E-state index < -0.39 is 5.97 Å². The van der Waals surface area contributed by atoms with E-state index in [4.69, 9.17) is 4.74 Å². The summed E-state index contributed by atoms with van der Waals surface area (Å²) in [6, 6.07) is 5.31. The summed E-state index contributed by atoms with van der Waals surface area (Å²) in [5, 5.41) is 9.18. The van der Waals surface area contributed by atoms with E-state index >= 15 is 0 Å². The summed E-state index contributed by atoms with van der Waals surface area (Å²) in [6.45, 7) is 2.25. The molecular weight excluding hydrogens is 343 g/mol. The molecule has 3 nitrogen and oxygen atoms in total. The molecule has 0 saturated heterocycles. The molecule has 0 amide bonds. The highest BCUT2D eigenvalue weighted by Crippen LogP contribution is 2.29. The van der Waals surface area contributed by atoms with Crippen molar-refractivity contribution in [2.24, 2.45) is 5.92 Å². The number of carboxylic acids is 1. The second-order valence-corrected chi connectivity index (χ2v) is 6.19. The Bertz CT molecular complexity index is 437. The van der Waals surface area contributed by atoms with E-state index in [0.717, 1.165) is 35.2 Å². The van der Waals surface area contributed by atoms with E-state index in [1.165, 1.54) is 0 Å². The van der Waals surface area contributed by atoms with Crippen LogP contribution < -0.4 is 4.74 Å². The maximum absolute atomic E-state index is 11.2. The second kappa shape index (κ2) is 5.91. The molecule has 0 atom stereocenters. The van der Waals surface area contributed by atoms with Crippen LogP contribution in [0.15, 0.2) is 18.2 Å². The third-order valence-electron chi connectivity index (χ3n) is 3.43. The number of carbonyl (C=O) groups is 1. The molecule has 18 heavy (non-hydrogen) atoms. The lowest BCUT2D eigenvalue weighted by Gasteiger charge is -2.27. The van der Waals surface area contributed by atoms with Crippen LogP contribution in [0.25, 0.3) is 0 Å². The van der Waals surface area contributed by atoms with Crippen molar-refractivity contribution < 1.29 is 14.6 Å². The molecule has 0 aromatic heterocycles. The van der Waals surface area contributed by atoms with Gasteiger partial charge in [0, 0.05) is 3.57 Å². The van der Waals surface area contributed by atoms with Gasteiger partial charge in [-0.15, -0.1) is 0 Å². The predicted molar refractivity (Wildman–Crippen MR) is 78.2 cm³/mol. The van der Waals surface area contributed by atoms with E-state index in [1.54, 1.807) is 12.1 Å². The van der Waals surface area contributed by atoms with E-state index in [0.29, 0.717) is 5.75 Å². The van der Waals surface area contributed by atoms with E-state index in [9.17, 15) is 9.90 Å². The van der Waals surface area contributed by atoms with Crippen LogP contribution in [0.1, 0.15) is 43.0 Å². The summed E-state index contributed by atoms with van der Waals surface area (Å²) in [5.41, 5.74) is 0.264. The van der Waals surface area contributed by atoms with Gasteiger partial charge in [-0.05, 0) is 72.4 Å². The van der Waals surface area contributed by atoms with Gasteiger partial charge in [0.1, 0.15) is 11.3 Å². The number of hydrogen-bond acceptors (Lipinski definition) is 2. The molecule has 0 radical (unpaired) electrons. The van der Waals surface area contributed by atoms with Crippen molar-refractivity contribution in [3.63, 3.8) is 0 Å². The number of hydrogen-bond donors (Lipinski definition) is 1. The zero-order valence-corrected chi connectivity index (χ0v) is 12.5. The maximum atomic E-state index is 11.2. The van der Waals surface area contributed by atoms with Crippen molar-refractivity contribution >= 4 is 28.6 Å². The zero-order valence-electron chi connectivity index (χ0n) is 10.4. The molecular formula is C14H17IO3. The van der Waals surface area contributed by atoms with Crippen LogP contribution in [0.4, 0.5) is 0 Å². The van der Waals surface area contributed by atoms with Gasteiger partial charge in [-0.2, -0.15) is 0 Å². The van der Waals surface area contributed by atoms with E-state index in [2.05, 4.69) is 29.5 Å². The maximum Gasteiger partial charge on any atom is 0.339 e. The lowest BCUT2D eigenvalue weighted by Crippen LogP contribution is -2.23. The van der Waals surface area contributed by atoms with Crippen LogP contribution in [0.5, 0.6) is 5.75 Å². The standard InChI is InChI=1S/C14H17IO3/c1-9-2-5-11(6-3-9)18-13-7-4-10(15)8-12(13)14(16)17/h4,7-9,11H,2-3,5-6H2,1H3,(H,16,17). The van der Waals surface area contributed by atoms with Crippen LogP contribution in [-0.4, -0.2) is 17.2 Å². The van der Waals surface area contributed by atoms with Gasteiger partial charge < -0.3 is 9.84 Å². The van der Waals surface area contributed by atoms with Crippen molar-refractivity contribution in [1.82, 2.24) is 0 Å². The lowest BCUT2D eigenvalue weighted by molar-refractivity contribution is 0.0684. The van der Waals surface area contributed by atoms with Gasteiger partial charge >= 0.3 is 5.97 Å². The number of carboxylic acid groups (broad SMARTS) is 1. The normalized spacial score (nSPS) is 23.7. The Labute approximate surface area is 121 Å². The topological polar surface area (TPSA) is 46.5 Å². The second-order valence-electron chi connectivity index (χ2n) is 4.95. The molecule has 2 rings (SSSR count). The minimum atomic E-state index is -0.923. The summed E-state index contributed by atoms with van der Waals surface area (Å²) < 4.78 is 6.78. The fraction of sp³-hybridized carbons (Fsp3) is 0.500. The summed E-state index contributed by atoms with van der Waals surface area (Å²) in [7, 11) is 0. The molecule has 98 valence electrons. The number of ether oxygens (including phenoxy) is 1. The van der Waals surface area contributed by atoms with Gasteiger partial charge in [0.25, 0.3) is 0 Å². The summed E-state index contributed by atoms with van der Waals surface area (Å²) in [6.07, 6.45) is 4.53. The van der Waals surface area contributed by atoms with E-state index in [1.807, 2.05) is 6.07 Å². The third-order valence-corrected chi connectivity index (χ3v) is 4.10. The average molecular weight is 360 g/mol. The van der Waals surface area contributed by atoms with Gasteiger partial charge in [-0.3, -0.25) is 0 Å². The molecule has 1 aromatic rings. The van der Waals surface area contributed by atoms with Gasteiger partial charge in [0.15, 0.2) is 0 Å². The largest absolute Gasteiger partial charge is 0.490 e. The van der Waals surface area contributed by atoms with E-state index in [-0.39, 0.29) is 11.7 Å². The Morgan fingerprint density at radius 2 is 2.00 bits per heavy atom. The Hall–Kier alpha value is -0.780. The Morgan fingerprint density at radius 1 is 1.33 bits per heavy atom. The van der Waals surface area contributed by atoms with Crippen molar-refractivity contribution in [2.75, 3.05) is 0 Å².